The predicted molar refractivity (Wildman–Crippen MR) is 88.7 cm³/mol. The van der Waals surface area contributed by atoms with Crippen molar-refractivity contribution in [2.24, 2.45) is 34.5 Å². The minimum absolute atomic E-state index is 0.0172. The lowest BCUT2D eigenvalue weighted by Crippen LogP contribution is -2.52. The normalized spacial score (nSPS) is 52.4. The summed E-state index contributed by atoms with van der Waals surface area (Å²) in [4.78, 5) is 11.9. The van der Waals surface area contributed by atoms with Gasteiger partial charge in [-0.1, -0.05) is 19.4 Å². The first kappa shape index (κ1) is 15.8. The molecule has 3 heteroatoms. The van der Waals surface area contributed by atoms with Crippen LogP contribution in [0.15, 0.2) is 11.6 Å². The molecule has 4 rings (SSSR count). The summed E-state index contributed by atoms with van der Waals surface area (Å²) >= 11 is 0. The summed E-state index contributed by atoms with van der Waals surface area (Å²) < 4.78 is 0. The fourth-order valence-electron chi connectivity index (χ4n) is 7.00. The highest BCUT2D eigenvalue weighted by atomic mass is 16.3. The lowest BCUT2D eigenvalue weighted by Gasteiger charge is -2.58. The molecular weight excluding hydrogens is 288 g/mol. The lowest BCUT2D eigenvalue weighted by atomic mass is 9.46. The maximum absolute atomic E-state index is 11.9. The average molecular weight is 318 g/mol. The van der Waals surface area contributed by atoms with Crippen LogP contribution in [0.3, 0.4) is 0 Å². The maximum Gasteiger partial charge on any atom is 0.155 e. The van der Waals surface area contributed by atoms with Crippen molar-refractivity contribution in [2.45, 2.75) is 64.9 Å². The zero-order valence-corrected chi connectivity index (χ0v) is 14.4. The fourth-order valence-corrected chi connectivity index (χ4v) is 7.00. The quantitative estimate of drug-likeness (QED) is 0.781. The molecule has 2 N–H and O–H groups in total. The molecule has 0 amide bonds. The molecule has 128 valence electrons. The molecule has 3 fully saturated rings. The summed E-state index contributed by atoms with van der Waals surface area (Å²) in [5, 5.41) is 20.5. The van der Waals surface area contributed by atoms with E-state index in [4.69, 9.17) is 0 Å². The van der Waals surface area contributed by atoms with E-state index in [1.54, 1.807) is 0 Å². The van der Waals surface area contributed by atoms with Crippen molar-refractivity contribution >= 4 is 5.78 Å². The maximum atomic E-state index is 11.9. The number of carbonyl (C=O) groups excluding carboxylic acids is 1. The molecule has 7 atom stereocenters. The Bertz CT molecular complexity index is 553. The van der Waals surface area contributed by atoms with Gasteiger partial charge in [-0.15, -0.1) is 0 Å². The molecule has 0 saturated heterocycles. The van der Waals surface area contributed by atoms with E-state index in [1.165, 1.54) is 5.57 Å². The lowest BCUT2D eigenvalue weighted by molar-refractivity contribution is -0.118. The largest absolute Gasteiger partial charge is 0.396 e. The van der Waals surface area contributed by atoms with Crippen molar-refractivity contribution in [3.8, 4) is 0 Å². The van der Waals surface area contributed by atoms with Crippen LogP contribution in [0, 0.1) is 34.5 Å². The molecule has 3 nitrogen and oxygen atoms in total. The van der Waals surface area contributed by atoms with E-state index in [-0.39, 0.29) is 29.5 Å². The zero-order valence-electron chi connectivity index (χ0n) is 14.4. The SMILES string of the molecule is C[C@]12CC[C@H]3[C@@H](CCC4=CC(=O)CC[C@@]43C)[C@@H]1C(CO)C[C@@H]2O. The van der Waals surface area contributed by atoms with Gasteiger partial charge in [-0.2, -0.15) is 0 Å². The number of aliphatic hydroxyl groups excluding tert-OH is 2. The van der Waals surface area contributed by atoms with E-state index in [1.807, 2.05) is 6.08 Å². The van der Waals surface area contributed by atoms with Crippen LogP contribution < -0.4 is 0 Å². The van der Waals surface area contributed by atoms with Crippen LogP contribution in [0.5, 0.6) is 0 Å². The van der Waals surface area contributed by atoms with Crippen LogP contribution in [0.1, 0.15) is 58.8 Å². The Morgan fingerprint density at radius 1 is 1.22 bits per heavy atom. The van der Waals surface area contributed by atoms with Crippen molar-refractivity contribution in [3.63, 3.8) is 0 Å². The van der Waals surface area contributed by atoms with Crippen LogP contribution in [-0.2, 0) is 4.79 Å². The monoisotopic (exact) mass is 318 g/mol. The second kappa shape index (κ2) is 5.16. The third-order valence-electron chi connectivity index (χ3n) is 8.29. The van der Waals surface area contributed by atoms with E-state index in [2.05, 4.69) is 13.8 Å². The van der Waals surface area contributed by atoms with E-state index in [0.717, 1.165) is 38.5 Å². The van der Waals surface area contributed by atoms with Gasteiger partial charge in [0.05, 0.1) is 6.10 Å². The summed E-state index contributed by atoms with van der Waals surface area (Å²) in [6.45, 7) is 4.84. The van der Waals surface area contributed by atoms with E-state index >= 15 is 0 Å². The van der Waals surface area contributed by atoms with Gasteiger partial charge in [-0.25, -0.2) is 0 Å². The van der Waals surface area contributed by atoms with E-state index in [0.29, 0.717) is 30.0 Å². The summed E-state index contributed by atoms with van der Waals surface area (Å²) in [7, 11) is 0. The first-order valence-electron chi connectivity index (χ1n) is 9.43. The molecule has 0 spiro atoms. The van der Waals surface area contributed by atoms with Gasteiger partial charge < -0.3 is 10.2 Å². The van der Waals surface area contributed by atoms with Gasteiger partial charge in [-0.05, 0) is 79.1 Å². The molecular formula is C20H30O3. The van der Waals surface area contributed by atoms with E-state index < -0.39 is 0 Å². The number of fused-ring (bicyclic) bond motifs is 5. The molecule has 0 aromatic carbocycles. The number of hydrogen-bond donors (Lipinski definition) is 2. The number of ketones is 1. The number of carbonyl (C=O) groups is 1. The minimum atomic E-state index is -0.261. The molecule has 0 aromatic heterocycles. The van der Waals surface area contributed by atoms with Crippen molar-refractivity contribution in [1.82, 2.24) is 0 Å². The minimum Gasteiger partial charge on any atom is -0.396 e. The summed E-state index contributed by atoms with van der Waals surface area (Å²) in [6.07, 6.45) is 8.52. The van der Waals surface area contributed by atoms with Crippen molar-refractivity contribution in [3.05, 3.63) is 11.6 Å². The molecule has 0 aliphatic heterocycles. The smallest absolute Gasteiger partial charge is 0.155 e. The molecule has 23 heavy (non-hydrogen) atoms. The van der Waals surface area contributed by atoms with Crippen LogP contribution >= 0.6 is 0 Å². The van der Waals surface area contributed by atoms with Crippen molar-refractivity contribution in [1.29, 1.82) is 0 Å². The second-order valence-electron chi connectivity index (χ2n) is 9.13. The second-order valence-corrected chi connectivity index (χ2v) is 9.13. The van der Waals surface area contributed by atoms with Gasteiger partial charge >= 0.3 is 0 Å². The predicted octanol–water partition coefficient (Wildman–Crippen LogP) is 3.10. The van der Waals surface area contributed by atoms with Gasteiger partial charge in [0.2, 0.25) is 0 Å². The molecule has 3 saturated carbocycles. The number of rotatable bonds is 1. The molecule has 0 bridgehead atoms. The number of hydrogen-bond acceptors (Lipinski definition) is 3. The van der Waals surface area contributed by atoms with Crippen molar-refractivity contribution < 1.29 is 15.0 Å². The third kappa shape index (κ3) is 2.05. The van der Waals surface area contributed by atoms with Crippen LogP contribution in [0.25, 0.3) is 0 Å². The van der Waals surface area contributed by atoms with Crippen LogP contribution in [-0.4, -0.2) is 28.7 Å². The summed E-state index contributed by atoms with van der Waals surface area (Å²) in [6, 6.07) is 0. The Morgan fingerprint density at radius 2 is 2.00 bits per heavy atom. The zero-order chi connectivity index (χ0) is 16.4. The Balaban J connectivity index is 1.71. The van der Waals surface area contributed by atoms with Gasteiger partial charge in [0, 0.05) is 13.0 Å². The first-order chi connectivity index (χ1) is 10.9. The highest BCUT2D eigenvalue weighted by Gasteiger charge is 2.61. The van der Waals surface area contributed by atoms with Crippen LogP contribution in [0.4, 0.5) is 0 Å². The Morgan fingerprint density at radius 3 is 2.74 bits per heavy atom. The highest BCUT2D eigenvalue weighted by molar-refractivity contribution is 5.91. The third-order valence-corrected chi connectivity index (χ3v) is 8.29. The molecule has 1 unspecified atom stereocenters. The molecule has 4 aliphatic rings. The first-order valence-corrected chi connectivity index (χ1v) is 9.43. The summed E-state index contributed by atoms with van der Waals surface area (Å²) in [5.74, 6) is 2.21. The molecule has 0 heterocycles. The summed E-state index contributed by atoms with van der Waals surface area (Å²) in [5.41, 5.74) is 1.54. The molecule has 0 radical (unpaired) electrons. The van der Waals surface area contributed by atoms with E-state index in [9.17, 15) is 15.0 Å². The molecule has 0 aromatic rings. The standard InChI is InChI=1S/C20H30O3/c1-19-7-5-14(22)10-13(19)3-4-15-16(19)6-8-20(2)17(23)9-12(11-21)18(15)20/h10,12,15-18,21,23H,3-9,11H2,1-2H3/t12?,15-,16+,17+,18+,19+,20-/m1/s1. The fraction of sp³-hybridized carbons (Fsp3) is 0.850. The number of allylic oxidation sites excluding steroid dienone is 1. The van der Waals surface area contributed by atoms with Gasteiger partial charge in [0.15, 0.2) is 5.78 Å². The highest BCUT2D eigenvalue weighted by Crippen LogP contribution is 2.66. The average Bonchev–Trinajstić information content (AvgIpc) is 2.79. The Kier molecular flexibility index (Phi) is 3.55. The van der Waals surface area contributed by atoms with Gasteiger partial charge in [0.1, 0.15) is 0 Å². The van der Waals surface area contributed by atoms with Gasteiger partial charge in [0.25, 0.3) is 0 Å². The number of aliphatic hydroxyl groups is 2. The Labute approximate surface area is 139 Å². The topological polar surface area (TPSA) is 57.5 Å². The Hall–Kier alpha value is -0.670. The van der Waals surface area contributed by atoms with Crippen molar-refractivity contribution in [2.75, 3.05) is 6.61 Å². The molecule has 4 aliphatic carbocycles. The van der Waals surface area contributed by atoms with Gasteiger partial charge in [-0.3, -0.25) is 4.79 Å². The van der Waals surface area contributed by atoms with Crippen LogP contribution in [0.2, 0.25) is 0 Å².